The van der Waals surface area contributed by atoms with Gasteiger partial charge in [0.2, 0.25) is 0 Å². The van der Waals surface area contributed by atoms with E-state index in [2.05, 4.69) is 11.6 Å². The molecule has 2 aromatic heterocycles. The molecule has 3 rings (SSSR count). The van der Waals surface area contributed by atoms with Crippen molar-refractivity contribution >= 4 is 21.6 Å². The Morgan fingerprint density at radius 1 is 1.65 bits per heavy atom. The molecular weight excluding hydrogens is 236 g/mol. The summed E-state index contributed by atoms with van der Waals surface area (Å²) in [7, 11) is 0. The Balaban J connectivity index is 2.30. The van der Waals surface area contributed by atoms with Gasteiger partial charge < -0.3 is 4.74 Å². The molecule has 4 nitrogen and oxygen atoms in total. The Hall–Kier alpha value is -1.46. The summed E-state index contributed by atoms with van der Waals surface area (Å²) in [4.78, 5) is 18.6. The molecule has 1 aliphatic heterocycles. The van der Waals surface area contributed by atoms with Crippen molar-refractivity contribution in [1.82, 2.24) is 9.55 Å². The lowest BCUT2D eigenvalue weighted by molar-refractivity contribution is 0.114. The van der Waals surface area contributed by atoms with Crippen molar-refractivity contribution < 1.29 is 4.74 Å². The number of nitrogens with zero attached hydrogens (tertiary/aromatic N) is 2. The zero-order valence-electron chi connectivity index (χ0n) is 9.31. The van der Waals surface area contributed by atoms with Gasteiger partial charge in [-0.05, 0) is 12.0 Å². The monoisotopic (exact) mass is 248 g/mol. The normalized spacial score (nSPS) is 14.8. The second kappa shape index (κ2) is 4.09. The number of ether oxygens (including phenoxy) is 1. The highest BCUT2D eigenvalue weighted by Crippen LogP contribution is 2.30. The molecule has 1 aliphatic rings. The molecule has 0 saturated heterocycles. The molecule has 0 N–H and O–H groups in total. The summed E-state index contributed by atoms with van der Waals surface area (Å²) in [6, 6.07) is 0. The van der Waals surface area contributed by atoms with Crippen LogP contribution in [0.1, 0.15) is 10.4 Å². The summed E-state index contributed by atoms with van der Waals surface area (Å²) in [5, 5.41) is 0.776. The number of fused-ring (bicyclic) bond motifs is 3. The van der Waals surface area contributed by atoms with Gasteiger partial charge >= 0.3 is 0 Å². The molecule has 0 spiro atoms. The fraction of sp³-hybridized carbons (Fsp3) is 0.333. The Labute approximate surface area is 102 Å². The van der Waals surface area contributed by atoms with E-state index < -0.39 is 0 Å². The van der Waals surface area contributed by atoms with Crippen molar-refractivity contribution in [2.45, 2.75) is 19.6 Å². The molecule has 5 heteroatoms. The summed E-state index contributed by atoms with van der Waals surface area (Å²) in [6.07, 6.45) is 4.11. The molecule has 0 amide bonds. The Bertz CT molecular complexity index is 642. The molecule has 0 atom stereocenters. The Kier molecular flexibility index (Phi) is 2.57. The fourth-order valence-electron chi connectivity index (χ4n) is 2.12. The number of rotatable bonds is 2. The minimum atomic E-state index is 0.0364. The van der Waals surface area contributed by atoms with Crippen molar-refractivity contribution in [1.29, 1.82) is 0 Å². The molecule has 0 radical (unpaired) electrons. The number of aromatic nitrogens is 2. The average molecular weight is 248 g/mol. The molecule has 0 bridgehead atoms. The van der Waals surface area contributed by atoms with Crippen LogP contribution in [0.5, 0.6) is 0 Å². The predicted molar refractivity (Wildman–Crippen MR) is 67.4 cm³/mol. The van der Waals surface area contributed by atoms with Gasteiger partial charge in [0.1, 0.15) is 4.83 Å². The van der Waals surface area contributed by atoms with E-state index in [1.54, 1.807) is 28.3 Å². The van der Waals surface area contributed by atoms with Gasteiger partial charge in [-0.3, -0.25) is 9.36 Å². The second-order valence-electron chi connectivity index (χ2n) is 3.98. The van der Waals surface area contributed by atoms with Crippen LogP contribution >= 0.6 is 11.3 Å². The molecule has 88 valence electrons. The first-order valence-electron chi connectivity index (χ1n) is 5.49. The van der Waals surface area contributed by atoms with Crippen LogP contribution in [0.3, 0.4) is 0 Å². The zero-order valence-corrected chi connectivity index (χ0v) is 10.1. The lowest BCUT2D eigenvalue weighted by atomic mass is 10.1. The highest BCUT2D eigenvalue weighted by atomic mass is 32.1. The SMILES string of the molecule is C=CCn1cnc2sc3c(c2c1=O)CCOC3. The molecular formula is C12H12N2O2S. The van der Waals surface area contributed by atoms with Crippen molar-refractivity contribution in [3.05, 3.63) is 39.8 Å². The lowest BCUT2D eigenvalue weighted by Gasteiger charge is -2.11. The van der Waals surface area contributed by atoms with Gasteiger partial charge in [0.25, 0.3) is 5.56 Å². The van der Waals surface area contributed by atoms with Crippen molar-refractivity contribution in [2.75, 3.05) is 6.61 Å². The molecule has 0 aliphatic carbocycles. The van der Waals surface area contributed by atoms with Crippen LogP contribution in [-0.4, -0.2) is 16.2 Å². The molecule has 3 heterocycles. The molecule has 0 saturated carbocycles. The minimum absolute atomic E-state index is 0.0364. The molecule has 0 fully saturated rings. The van der Waals surface area contributed by atoms with Gasteiger partial charge in [-0.15, -0.1) is 17.9 Å². The van der Waals surface area contributed by atoms with Gasteiger partial charge in [-0.2, -0.15) is 0 Å². The summed E-state index contributed by atoms with van der Waals surface area (Å²) in [5.74, 6) is 0. The highest BCUT2D eigenvalue weighted by molar-refractivity contribution is 7.18. The number of hydrogen-bond donors (Lipinski definition) is 0. The Morgan fingerprint density at radius 2 is 2.53 bits per heavy atom. The standard InChI is InChI=1S/C12H12N2O2S/c1-2-4-14-7-13-11-10(12(14)15)8-3-5-16-6-9(8)17-11/h2,7H,1,3-6H2. The van der Waals surface area contributed by atoms with Crippen LogP contribution < -0.4 is 5.56 Å². The largest absolute Gasteiger partial charge is 0.376 e. The minimum Gasteiger partial charge on any atom is -0.376 e. The van der Waals surface area contributed by atoms with Crippen molar-refractivity contribution in [3.63, 3.8) is 0 Å². The first kappa shape index (κ1) is 10.7. The first-order valence-corrected chi connectivity index (χ1v) is 6.31. The van der Waals surface area contributed by atoms with Crippen LogP contribution in [0, 0.1) is 0 Å². The molecule has 2 aromatic rings. The van der Waals surface area contributed by atoms with Gasteiger partial charge in [0, 0.05) is 11.4 Å². The maximum Gasteiger partial charge on any atom is 0.262 e. The fourth-order valence-corrected chi connectivity index (χ4v) is 3.23. The number of hydrogen-bond acceptors (Lipinski definition) is 4. The van der Waals surface area contributed by atoms with Gasteiger partial charge in [0.05, 0.1) is 24.9 Å². The van der Waals surface area contributed by atoms with Crippen LogP contribution in [0.15, 0.2) is 23.8 Å². The van der Waals surface area contributed by atoms with Crippen LogP contribution in [0.4, 0.5) is 0 Å². The van der Waals surface area contributed by atoms with Crippen molar-refractivity contribution in [2.24, 2.45) is 0 Å². The topological polar surface area (TPSA) is 44.1 Å². The van der Waals surface area contributed by atoms with E-state index in [1.807, 2.05) is 0 Å². The van der Waals surface area contributed by atoms with Gasteiger partial charge in [-0.1, -0.05) is 6.08 Å². The average Bonchev–Trinajstić information content (AvgIpc) is 2.72. The summed E-state index contributed by atoms with van der Waals surface area (Å²) < 4.78 is 7.00. The quantitative estimate of drug-likeness (QED) is 0.760. The van der Waals surface area contributed by atoms with E-state index in [-0.39, 0.29) is 5.56 Å². The van der Waals surface area contributed by atoms with E-state index in [4.69, 9.17) is 4.74 Å². The van der Waals surface area contributed by atoms with Crippen LogP contribution in [0.2, 0.25) is 0 Å². The van der Waals surface area contributed by atoms with E-state index in [9.17, 15) is 4.79 Å². The molecule has 0 aromatic carbocycles. The number of allylic oxidation sites excluding steroid dienone is 1. The highest BCUT2D eigenvalue weighted by Gasteiger charge is 2.19. The van der Waals surface area contributed by atoms with E-state index >= 15 is 0 Å². The maximum absolute atomic E-state index is 12.3. The smallest absolute Gasteiger partial charge is 0.262 e. The third-order valence-electron chi connectivity index (χ3n) is 2.92. The molecule has 17 heavy (non-hydrogen) atoms. The maximum atomic E-state index is 12.3. The Morgan fingerprint density at radius 3 is 3.35 bits per heavy atom. The van der Waals surface area contributed by atoms with E-state index in [0.717, 1.165) is 27.1 Å². The van der Waals surface area contributed by atoms with Crippen molar-refractivity contribution in [3.8, 4) is 0 Å². The third-order valence-corrected chi connectivity index (χ3v) is 4.03. The summed E-state index contributed by atoms with van der Waals surface area (Å²) >= 11 is 1.57. The van der Waals surface area contributed by atoms with E-state index in [1.165, 1.54) is 0 Å². The predicted octanol–water partition coefficient (Wildman–Crippen LogP) is 1.72. The van der Waals surface area contributed by atoms with Crippen LogP contribution in [0.25, 0.3) is 10.2 Å². The first-order chi connectivity index (χ1) is 8.31. The second-order valence-corrected chi connectivity index (χ2v) is 5.06. The van der Waals surface area contributed by atoms with Gasteiger partial charge in [-0.25, -0.2) is 4.98 Å². The summed E-state index contributed by atoms with van der Waals surface area (Å²) in [5.41, 5.74) is 1.17. The summed E-state index contributed by atoms with van der Waals surface area (Å²) in [6.45, 7) is 5.45. The van der Waals surface area contributed by atoms with E-state index in [0.29, 0.717) is 19.8 Å². The lowest BCUT2D eigenvalue weighted by Crippen LogP contribution is -2.21. The zero-order chi connectivity index (χ0) is 11.8. The van der Waals surface area contributed by atoms with Gasteiger partial charge in [0.15, 0.2) is 0 Å². The van der Waals surface area contributed by atoms with Crippen LogP contribution in [-0.2, 0) is 24.3 Å². The number of thiophene rings is 1. The third kappa shape index (κ3) is 1.62. The molecule has 0 unspecified atom stereocenters.